The summed E-state index contributed by atoms with van der Waals surface area (Å²) in [6.45, 7) is 0. The van der Waals surface area contributed by atoms with Crippen molar-refractivity contribution in [2.75, 3.05) is 0 Å². The van der Waals surface area contributed by atoms with Crippen molar-refractivity contribution in [1.82, 2.24) is 18.3 Å². The molecule has 0 amide bonds. The molecule has 0 bridgehead atoms. The lowest BCUT2D eigenvalue weighted by atomic mass is 10.1. The van der Waals surface area contributed by atoms with Crippen LogP contribution < -0.4 is 0 Å². The van der Waals surface area contributed by atoms with Gasteiger partial charge in [0, 0.05) is 54.5 Å². The summed E-state index contributed by atoms with van der Waals surface area (Å²) in [6.07, 6.45) is 0. The van der Waals surface area contributed by atoms with Crippen LogP contribution in [0, 0.1) is 11.3 Å². The molecule has 0 aliphatic heterocycles. The number of aromatic nitrogens is 4. The Morgan fingerprint density at radius 3 is 1.23 bits per heavy atom. The van der Waals surface area contributed by atoms with E-state index in [9.17, 15) is 5.26 Å². The van der Waals surface area contributed by atoms with E-state index >= 15 is 0 Å². The second-order valence-corrected chi connectivity index (χ2v) is 15.6. The van der Waals surface area contributed by atoms with Crippen LogP contribution in [0.3, 0.4) is 0 Å². The summed E-state index contributed by atoms with van der Waals surface area (Å²) in [5.74, 6) is 0. The Labute approximate surface area is 344 Å². The molecule has 4 heterocycles. The molecule has 13 aromatic rings. The fourth-order valence-corrected chi connectivity index (χ4v) is 10.2. The smallest absolute Gasteiger partial charge is 0.104 e. The average Bonchev–Trinajstić information content (AvgIpc) is 4.04. The molecule has 4 aromatic heterocycles. The van der Waals surface area contributed by atoms with Crippen LogP contribution in [0.2, 0.25) is 0 Å². The predicted molar refractivity (Wildman–Crippen MR) is 249 cm³/mol. The molecule has 0 aliphatic rings. The summed E-state index contributed by atoms with van der Waals surface area (Å²) in [4.78, 5) is 0. The van der Waals surface area contributed by atoms with Crippen LogP contribution in [0.25, 0.3) is 110 Å². The quantitative estimate of drug-likeness (QED) is 0.176. The highest BCUT2D eigenvalue weighted by Gasteiger charge is 2.25. The molecule has 0 fully saturated rings. The number of rotatable bonds is 4. The maximum atomic E-state index is 11.5. The van der Waals surface area contributed by atoms with E-state index < -0.39 is 0 Å². The lowest BCUT2D eigenvalue weighted by Gasteiger charge is -2.16. The molecule has 9 aromatic carbocycles. The third kappa shape index (κ3) is 4.29. The standard InChI is InChI=1S/C55H33N5/c56-34-43-48(59-47-27-14-10-23-42(47)53-51(59)33-31-39-37-20-7-11-24-44(37)58(54(39)53)36-18-5-2-6-19-36)28-15-29-49(43)60-45-25-12-8-21-38(45)40-30-32-50-52(55(40)60)41-22-9-13-26-46(41)57(50)35-16-3-1-4-17-35/h1-33H. The topological polar surface area (TPSA) is 43.5 Å². The van der Waals surface area contributed by atoms with Crippen molar-refractivity contribution in [2.24, 2.45) is 0 Å². The van der Waals surface area contributed by atoms with E-state index in [0.29, 0.717) is 5.56 Å². The number of hydrogen-bond donors (Lipinski definition) is 0. The van der Waals surface area contributed by atoms with Crippen LogP contribution >= 0.6 is 0 Å². The fourth-order valence-electron chi connectivity index (χ4n) is 10.2. The Bertz CT molecular complexity index is 3950. The van der Waals surface area contributed by atoms with Gasteiger partial charge in [0.2, 0.25) is 0 Å². The minimum Gasteiger partial charge on any atom is -0.309 e. The second kappa shape index (κ2) is 12.3. The third-order valence-corrected chi connectivity index (χ3v) is 12.6. The second-order valence-electron chi connectivity index (χ2n) is 15.6. The Balaban J connectivity index is 1.16. The predicted octanol–water partition coefficient (Wildman–Crippen LogP) is 13.9. The van der Waals surface area contributed by atoms with E-state index in [2.05, 4.69) is 225 Å². The Morgan fingerprint density at radius 2 is 0.683 bits per heavy atom. The third-order valence-electron chi connectivity index (χ3n) is 12.6. The number of para-hydroxylation sites is 6. The van der Waals surface area contributed by atoms with Crippen LogP contribution in [0.5, 0.6) is 0 Å². The van der Waals surface area contributed by atoms with Gasteiger partial charge in [0.15, 0.2) is 0 Å². The summed E-state index contributed by atoms with van der Waals surface area (Å²) in [5.41, 5.74) is 13.3. The van der Waals surface area contributed by atoms with Gasteiger partial charge in [0.05, 0.1) is 55.5 Å². The maximum absolute atomic E-state index is 11.5. The minimum atomic E-state index is 0.607. The Morgan fingerprint density at radius 1 is 0.283 bits per heavy atom. The molecule has 0 aliphatic carbocycles. The van der Waals surface area contributed by atoms with E-state index in [4.69, 9.17) is 0 Å². The molecule has 5 heteroatoms. The van der Waals surface area contributed by atoms with Crippen molar-refractivity contribution in [3.8, 4) is 28.8 Å². The molecule has 0 atom stereocenters. The van der Waals surface area contributed by atoms with Crippen LogP contribution in [0.4, 0.5) is 0 Å². The zero-order valence-corrected chi connectivity index (χ0v) is 32.3. The molecule has 13 rings (SSSR count). The van der Waals surface area contributed by atoms with Crippen molar-refractivity contribution >= 4 is 87.2 Å². The SMILES string of the molecule is N#Cc1c(-n2c3ccccc3c3c2ccc2c4ccccc4n(-c4ccccc4)c23)cccc1-n1c2ccccc2c2ccc3c(c4ccccc4n3-c3ccccc3)c21. The van der Waals surface area contributed by atoms with E-state index in [0.717, 1.165) is 93.8 Å². The molecule has 5 nitrogen and oxygen atoms in total. The lowest BCUT2D eigenvalue weighted by Crippen LogP contribution is -2.04. The first-order valence-electron chi connectivity index (χ1n) is 20.4. The van der Waals surface area contributed by atoms with Crippen molar-refractivity contribution in [1.29, 1.82) is 5.26 Å². The summed E-state index contributed by atoms with van der Waals surface area (Å²) in [6, 6.07) is 73.9. The van der Waals surface area contributed by atoms with Crippen LogP contribution in [0.15, 0.2) is 200 Å². The van der Waals surface area contributed by atoms with Crippen molar-refractivity contribution < 1.29 is 0 Å². The van der Waals surface area contributed by atoms with Crippen LogP contribution in [0.1, 0.15) is 5.56 Å². The van der Waals surface area contributed by atoms with Gasteiger partial charge in [-0.2, -0.15) is 5.26 Å². The molecule has 0 spiro atoms. The van der Waals surface area contributed by atoms with Gasteiger partial charge in [0.25, 0.3) is 0 Å². The lowest BCUT2D eigenvalue weighted by molar-refractivity contribution is 1.12. The van der Waals surface area contributed by atoms with E-state index in [1.807, 2.05) is 0 Å². The molecule has 0 unspecified atom stereocenters. The van der Waals surface area contributed by atoms with Crippen LogP contribution in [-0.2, 0) is 0 Å². The summed E-state index contributed by atoms with van der Waals surface area (Å²) >= 11 is 0. The highest BCUT2D eigenvalue weighted by Crippen LogP contribution is 2.45. The average molecular weight is 764 g/mol. The zero-order valence-electron chi connectivity index (χ0n) is 32.3. The maximum Gasteiger partial charge on any atom is 0.104 e. The monoisotopic (exact) mass is 763 g/mol. The number of benzene rings is 9. The summed E-state index contributed by atoms with van der Waals surface area (Å²) < 4.78 is 9.42. The molecule has 278 valence electrons. The van der Waals surface area contributed by atoms with E-state index in [-0.39, 0.29) is 0 Å². The van der Waals surface area contributed by atoms with Gasteiger partial charge in [-0.1, -0.05) is 127 Å². The molecule has 0 N–H and O–H groups in total. The minimum absolute atomic E-state index is 0.607. The van der Waals surface area contributed by atoms with Crippen molar-refractivity contribution in [2.45, 2.75) is 0 Å². The summed E-state index contributed by atoms with van der Waals surface area (Å²) in [5, 5.41) is 20.8. The first-order valence-corrected chi connectivity index (χ1v) is 20.4. The fraction of sp³-hybridized carbons (Fsp3) is 0. The van der Waals surface area contributed by atoms with Gasteiger partial charge >= 0.3 is 0 Å². The van der Waals surface area contributed by atoms with E-state index in [1.165, 1.54) is 16.2 Å². The van der Waals surface area contributed by atoms with Gasteiger partial charge < -0.3 is 18.3 Å². The van der Waals surface area contributed by atoms with Gasteiger partial charge in [-0.25, -0.2) is 0 Å². The molecular formula is C55H33N5. The Kier molecular flexibility index (Phi) is 6.73. The number of nitriles is 1. The molecule has 60 heavy (non-hydrogen) atoms. The number of nitrogens with zero attached hydrogens (tertiary/aromatic N) is 5. The molecule has 0 radical (unpaired) electrons. The first-order chi connectivity index (χ1) is 29.8. The van der Waals surface area contributed by atoms with E-state index in [1.54, 1.807) is 0 Å². The highest BCUT2D eigenvalue weighted by atomic mass is 15.0. The first kappa shape index (κ1) is 32.7. The summed E-state index contributed by atoms with van der Waals surface area (Å²) in [7, 11) is 0. The van der Waals surface area contributed by atoms with Crippen LogP contribution in [-0.4, -0.2) is 18.3 Å². The highest BCUT2D eigenvalue weighted by molar-refractivity contribution is 6.27. The normalized spacial score (nSPS) is 12.0. The van der Waals surface area contributed by atoms with Gasteiger partial charge in [-0.05, 0) is 72.8 Å². The van der Waals surface area contributed by atoms with Crippen molar-refractivity contribution in [3.05, 3.63) is 206 Å². The molecular weight excluding hydrogens is 731 g/mol. The van der Waals surface area contributed by atoms with Gasteiger partial charge in [0.1, 0.15) is 11.6 Å². The number of fused-ring (bicyclic) bond motifs is 14. The Hall–Kier alpha value is -8.33. The largest absolute Gasteiger partial charge is 0.309 e. The van der Waals surface area contributed by atoms with Gasteiger partial charge in [-0.3, -0.25) is 0 Å². The molecule has 0 saturated heterocycles. The molecule has 0 saturated carbocycles. The number of hydrogen-bond acceptors (Lipinski definition) is 1. The van der Waals surface area contributed by atoms with Gasteiger partial charge in [-0.15, -0.1) is 0 Å². The van der Waals surface area contributed by atoms with Crippen molar-refractivity contribution in [3.63, 3.8) is 0 Å². The zero-order chi connectivity index (χ0) is 39.5.